The molecule has 0 saturated heterocycles. The van der Waals surface area contributed by atoms with Crippen molar-refractivity contribution in [1.82, 2.24) is 4.57 Å². The fourth-order valence-electron chi connectivity index (χ4n) is 8.49. The molecule has 8 rings (SSSR count). The lowest BCUT2D eigenvalue weighted by Gasteiger charge is -2.42. The first-order valence-corrected chi connectivity index (χ1v) is 14.5. The molecule has 1 spiro atoms. The Balaban J connectivity index is 1.19. The molecule has 1 saturated carbocycles. The summed E-state index contributed by atoms with van der Waals surface area (Å²) in [7, 11) is 0. The van der Waals surface area contributed by atoms with Gasteiger partial charge in [0.1, 0.15) is 0 Å². The summed E-state index contributed by atoms with van der Waals surface area (Å²) in [5.41, 5.74) is 12.8. The topological polar surface area (TPSA) is 4.93 Å². The predicted molar refractivity (Wildman–Crippen MR) is 156 cm³/mol. The van der Waals surface area contributed by atoms with Gasteiger partial charge in [0.15, 0.2) is 0 Å². The van der Waals surface area contributed by atoms with Crippen molar-refractivity contribution in [3.05, 3.63) is 113 Å². The summed E-state index contributed by atoms with van der Waals surface area (Å²) in [5, 5.41) is 2.71. The molecule has 5 aliphatic rings. The number of hydrogen-bond donors (Lipinski definition) is 0. The van der Waals surface area contributed by atoms with Crippen LogP contribution in [0.5, 0.6) is 0 Å². The van der Waals surface area contributed by atoms with E-state index in [1.165, 1.54) is 78.9 Å². The van der Waals surface area contributed by atoms with Gasteiger partial charge >= 0.3 is 0 Å². The number of fused-ring (bicyclic) bond motifs is 7. The highest BCUT2D eigenvalue weighted by atomic mass is 15.0. The minimum absolute atomic E-state index is 0.412. The SMILES string of the molecule is C1=CCC2C(=C1)C1=C(C=C(C3=CC=C(n4c5ccccc5c5ccccc54)CC3)CC1)C21CCCCC1. The highest BCUT2D eigenvalue weighted by Crippen LogP contribution is 2.62. The molecule has 3 aromatic rings. The summed E-state index contributed by atoms with van der Waals surface area (Å²) < 4.78 is 2.51. The lowest BCUT2D eigenvalue weighted by Crippen LogP contribution is -2.32. The second kappa shape index (κ2) is 8.35. The molecule has 184 valence electrons. The van der Waals surface area contributed by atoms with Crippen molar-refractivity contribution in [2.75, 3.05) is 0 Å². The number of para-hydroxylation sites is 2. The summed E-state index contributed by atoms with van der Waals surface area (Å²) in [6, 6.07) is 17.8. The van der Waals surface area contributed by atoms with Gasteiger partial charge in [-0.3, -0.25) is 0 Å². The molecule has 1 fully saturated rings. The third-order valence-electron chi connectivity index (χ3n) is 10.2. The molecule has 1 nitrogen and oxygen atoms in total. The van der Waals surface area contributed by atoms with Gasteiger partial charge in [-0.1, -0.05) is 86.0 Å². The largest absolute Gasteiger partial charge is 0.313 e. The molecular formula is C36H35N. The monoisotopic (exact) mass is 481 g/mol. The predicted octanol–water partition coefficient (Wildman–Crippen LogP) is 9.84. The molecular weight excluding hydrogens is 446 g/mol. The molecule has 1 heterocycles. The van der Waals surface area contributed by atoms with E-state index in [9.17, 15) is 0 Å². The Labute approximate surface area is 220 Å². The van der Waals surface area contributed by atoms with E-state index in [-0.39, 0.29) is 0 Å². The smallest absolute Gasteiger partial charge is 0.0537 e. The van der Waals surface area contributed by atoms with Gasteiger partial charge in [0.25, 0.3) is 0 Å². The van der Waals surface area contributed by atoms with Crippen LogP contribution in [0.1, 0.15) is 64.2 Å². The summed E-state index contributed by atoms with van der Waals surface area (Å²) in [4.78, 5) is 0. The molecule has 2 aromatic carbocycles. The van der Waals surface area contributed by atoms with E-state index in [2.05, 4.69) is 89.6 Å². The molecule has 5 aliphatic carbocycles. The van der Waals surface area contributed by atoms with Gasteiger partial charge in [-0.05, 0) is 96.9 Å². The summed E-state index contributed by atoms with van der Waals surface area (Å²) >= 11 is 0. The van der Waals surface area contributed by atoms with Crippen LogP contribution in [0.15, 0.2) is 113 Å². The quantitative estimate of drug-likeness (QED) is 0.343. The number of hydrogen-bond acceptors (Lipinski definition) is 0. The van der Waals surface area contributed by atoms with E-state index in [1.807, 2.05) is 0 Å². The first kappa shape index (κ1) is 21.7. The van der Waals surface area contributed by atoms with Crippen LogP contribution in [-0.4, -0.2) is 4.57 Å². The lowest BCUT2D eigenvalue weighted by atomic mass is 9.62. The summed E-state index contributed by atoms with van der Waals surface area (Å²) in [5.74, 6) is 0.737. The summed E-state index contributed by atoms with van der Waals surface area (Å²) in [6.45, 7) is 0. The van der Waals surface area contributed by atoms with Gasteiger partial charge in [0, 0.05) is 21.9 Å². The molecule has 37 heavy (non-hydrogen) atoms. The number of nitrogens with zero attached hydrogens (tertiary/aromatic N) is 1. The fraction of sp³-hybridized carbons (Fsp3) is 0.333. The van der Waals surface area contributed by atoms with Gasteiger partial charge in [-0.2, -0.15) is 0 Å². The second-order valence-electron chi connectivity index (χ2n) is 11.8. The van der Waals surface area contributed by atoms with Crippen LogP contribution in [-0.2, 0) is 0 Å². The summed E-state index contributed by atoms with van der Waals surface area (Å²) in [6.07, 6.45) is 27.7. The highest BCUT2D eigenvalue weighted by Gasteiger charge is 2.50. The van der Waals surface area contributed by atoms with E-state index in [0.29, 0.717) is 5.41 Å². The Kier molecular flexibility index (Phi) is 4.90. The van der Waals surface area contributed by atoms with E-state index in [0.717, 1.165) is 18.8 Å². The highest BCUT2D eigenvalue weighted by molar-refractivity contribution is 6.10. The van der Waals surface area contributed by atoms with Crippen molar-refractivity contribution in [1.29, 1.82) is 0 Å². The van der Waals surface area contributed by atoms with Gasteiger partial charge in [0.05, 0.1) is 11.0 Å². The maximum Gasteiger partial charge on any atom is 0.0537 e. The fourth-order valence-corrected chi connectivity index (χ4v) is 8.49. The van der Waals surface area contributed by atoms with Crippen molar-refractivity contribution in [3.63, 3.8) is 0 Å². The zero-order chi connectivity index (χ0) is 24.4. The zero-order valence-corrected chi connectivity index (χ0v) is 21.7. The number of rotatable bonds is 2. The molecule has 0 radical (unpaired) electrons. The zero-order valence-electron chi connectivity index (χ0n) is 21.7. The Bertz CT molecular complexity index is 1570. The number of benzene rings is 2. The van der Waals surface area contributed by atoms with Crippen LogP contribution in [0.4, 0.5) is 0 Å². The maximum absolute atomic E-state index is 2.69. The van der Waals surface area contributed by atoms with Crippen LogP contribution in [0.3, 0.4) is 0 Å². The Hall–Kier alpha value is -3.32. The molecule has 1 unspecified atom stereocenters. The average Bonchev–Trinajstić information content (AvgIpc) is 3.44. The number of allylic oxidation sites excluding steroid dienone is 12. The van der Waals surface area contributed by atoms with Crippen LogP contribution in [0.2, 0.25) is 0 Å². The van der Waals surface area contributed by atoms with Gasteiger partial charge in [-0.15, -0.1) is 0 Å². The van der Waals surface area contributed by atoms with E-state index >= 15 is 0 Å². The van der Waals surface area contributed by atoms with Crippen LogP contribution >= 0.6 is 0 Å². The molecule has 0 bridgehead atoms. The van der Waals surface area contributed by atoms with Gasteiger partial charge in [-0.25, -0.2) is 0 Å². The van der Waals surface area contributed by atoms with E-state index < -0.39 is 0 Å². The molecule has 1 atom stereocenters. The minimum Gasteiger partial charge on any atom is -0.313 e. The van der Waals surface area contributed by atoms with Crippen LogP contribution in [0, 0.1) is 11.3 Å². The minimum atomic E-state index is 0.412. The van der Waals surface area contributed by atoms with Crippen LogP contribution < -0.4 is 0 Å². The first-order valence-electron chi connectivity index (χ1n) is 14.5. The third-order valence-corrected chi connectivity index (χ3v) is 10.2. The molecule has 0 amide bonds. The standard InChI is InChI=1S/C36H35N/c1-8-22-36(23-9-1)32-13-5-2-10-28(32)29-21-18-26(24-33(29)36)25-16-19-27(20-17-25)37-34-14-6-3-11-30(34)31-12-4-7-15-35(31)37/h2-7,10-12,14-16,19,24,32H,1,8-9,13,17-18,20-23H2. The Morgan fingerprint density at radius 1 is 0.703 bits per heavy atom. The van der Waals surface area contributed by atoms with Crippen molar-refractivity contribution < 1.29 is 0 Å². The Morgan fingerprint density at radius 3 is 2.16 bits per heavy atom. The lowest BCUT2D eigenvalue weighted by molar-refractivity contribution is 0.183. The first-order chi connectivity index (χ1) is 18.3. The van der Waals surface area contributed by atoms with Crippen LogP contribution in [0.25, 0.3) is 27.5 Å². The van der Waals surface area contributed by atoms with Crippen molar-refractivity contribution in [3.8, 4) is 0 Å². The van der Waals surface area contributed by atoms with Crippen molar-refractivity contribution >= 4 is 27.5 Å². The number of aromatic nitrogens is 1. The third kappa shape index (κ3) is 3.16. The average molecular weight is 482 g/mol. The van der Waals surface area contributed by atoms with Gasteiger partial charge < -0.3 is 4.57 Å². The van der Waals surface area contributed by atoms with Gasteiger partial charge in [0.2, 0.25) is 0 Å². The van der Waals surface area contributed by atoms with Crippen molar-refractivity contribution in [2.45, 2.75) is 64.2 Å². The van der Waals surface area contributed by atoms with E-state index in [1.54, 1.807) is 27.9 Å². The Morgan fingerprint density at radius 2 is 1.43 bits per heavy atom. The molecule has 0 aliphatic heterocycles. The maximum atomic E-state index is 2.69. The normalized spacial score (nSPS) is 24.6. The van der Waals surface area contributed by atoms with Crippen molar-refractivity contribution in [2.24, 2.45) is 11.3 Å². The molecule has 1 aromatic heterocycles. The molecule has 0 N–H and O–H groups in total. The second-order valence-corrected chi connectivity index (χ2v) is 11.8. The molecule has 1 heteroatoms. The van der Waals surface area contributed by atoms with E-state index in [4.69, 9.17) is 0 Å².